The van der Waals surface area contributed by atoms with Gasteiger partial charge in [0.15, 0.2) is 0 Å². The maximum absolute atomic E-state index is 10.9. The number of para-hydroxylation sites is 1. The Morgan fingerprint density at radius 1 is 1.44 bits per heavy atom. The first-order chi connectivity index (χ1) is 8.61. The molecule has 18 heavy (non-hydrogen) atoms. The molecule has 0 atom stereocenters. The van der Waals surface area contributed by atoms with Crippen molar-refractivity contribution >= 4 is 22.9 Å². The number of pyridine rings is 1. The second-order valence-corrected chi connectivity index (χ2v) is 3.63. The Morgan fingerprint density at radius 3 is 2.83 bits per heavy atom. The lowest BCUT2D eigenvalue weighted by Gasteiger charge is -2.02. The van der Waals surface area contributed by atoms with E-state index >= 15 is 0 Å². The molecule has 2 aromatic rings. The topological polar surface area (TPSA) is 100 Å². The number of amides is 1. The monoisotopic (exact) mass is 239 g/mol. The van der Waals surface area contributed by atoms with Crippen molar-refractivity contribution in [1.82, 2.24) is 4.98 Å². The summed E-state index contributed by atoms with van der Waals surface area (Å²) in [5.74, 6) is -1.09. The molecule has 0 saturated carbocycles. The van der Waals surface area contributed by atoms with Crippen LogP contribution >= 0.6 is 0 Å². The molecule has 0 aliphatic carbocycles. The van der Waals surface area contributed by atoms with E-state index in [1.54, 1.807) is 24.3 Å². The third-order valence-corrected chi connectivity index (χ3v) is 2.42. The molecule has 3 N–H and O–H groups in total. The van der Waals surface area contributed by atoms with Crippen molar-refractivity contribution in [1.29, 1.82) is 5.26 Å². The number of rotatable bonds is 2. The minimum atomic E-state index is -0.843. The number of carbonyl (C=O) groups excluding carboxylic acids is 1. The second kappa shape index (κ2) is 4.55. The standard InChI is InChI=1S/C13H9N3O2/c14-7-10(12(15)17)6-9-5-8-3-1-2-4-11(8)16-13(9)18/h1-6H,(H2,15,17)(H,16,18)/b10-6-. The van der Waals surface area contributed by atoms with Gasteiger partial charge in [0, 0.05) is 10.9 Å². The highest BCUT2D eigenvalue weighted by Gasteiger charge is 2.08. The molecule has 88 valence electrons. The molecule has 1 heterocycles. The number of carbonyl (C=O) groups is 1. The Balaban J connectivity index is 2.62. The molecule has 0 bridgehead atoms. The average Bonchev–Trinajstić information content (AvgIpc) is 2.35. The van der Waals surface area contributed by atoms with Crippen LogP contribution in [0.2, 0.25) is 0 Å². The van der Waals surface area contributed by atoms with Crippen molar-refractivity contribution in [2.75, 3.05) is 0 Å². The molecule has 0 fully saturated rings. The molecular weight excluding hydrogens is 230 g/mol. The zero-order chi connectivity index (χ0) is 13.1. The maximum Gasteiger partial charge on any atom is 0.259 e. The number of nitrogens with zero attached hydrogens (tertiary/aromatic N) is 2. The van der Waals surface area contributed by atoms with Crippen LogP contribution in [-0.2, 0) is 4.79 Å². The van der Waals surface area contributed by atoms with E-state index in [-0.39, 0.29) is 17.0 Å². The molecule has 0 aliphatic heterocycles. The van der Waals surface area contributed by atoms with Crippen LogP contribution in [0.1, 0.15) is 5.56 Å². The number of nitriles is 1. The summed E-state index contributed by atoms with van der Waals surface area (Å²) in [6, 6.07) is 10.5. The Bertz CT molecular complexity index is 699. The summed E-state index contributed by atoms with van der Waals surface area (Å²) in [6.07, 6.45) is 1.22. The minimum Gasteiger partial charge on any atom is -0.493 e. The van der Waals surface area contributed by atoms with Gasteiger partial charge in [0.05, 0.1) is 5.52 Å². The van der Waals surface area contributed by atoms with Crippen molar-refractivity contribution in [3.63, 3.8) is 0 Å². The van der Waals surface area contributed by atoms with Crippen molar-refractivity contribution in [3.8, 4) is 11.9 Å². The molecule has 0 aliphatic rings. The number of benzene rings is 1. The smallest absolute Gasteiger partial charge is 0.259 e. The molecule has 2 rings (SSSR count). The number of aromatic nitrogens is 1. The van der Waals surface area contributed by atoms with E-state index < -0.39 is 5.91 Å². The lowest BCUT2D eigenvalue weighted by atomic mass is 10.1. The lowest BCUT2D eigenvalue weighted by Crippen LogP contribution is -2.12. The van der Waals surface area contributed by atoms with Crippen molar-refractivity contribution < 1.29 is 9.90 Å². The third kappa shape index (κ3) is 2.13. The molecular formula is C13H9N3O2. The second-order valence-electron chi connectivity index (χ2n) is 3.63. The number of primary amides is 1. The normalized spacial score (nSPS) is 11.2. The van der Waals surface area contributed by atoms with Crippen LogP contribution in [0.25, 0.3) is 17.0 Å². The van der Waals surface area contributed by atoms with Gasteiger partial charge in [-0.3, -0.25) is 4.79 Å². The predicted octanol–water partition coefficient (Wildman–Crippen LogP) is 1.33. The third-order valence-electron chi connectivity index (χ3n) is 2.42. The number of fused-ring (bicyclic) bond motifs is 1. The van der Waals surface area contributed by atoms with Crippen LogP contribution in [0.3, 0.4) is 0 Å². The largest absolute Gasteiger partial charge is 0.493 e. The van der Waals surface area contributed by atoms with E-state index in [0.717, 1.165) is 5.39 Å². The molecule has 5 nitrogen and oxygen atoms in total. The van der Waals surface area contributed by atoms with Gasteiger partial charge in [-0.1, -0.05) is 18.2 Å². The maximum atomic E-state index is 10.9. The lowest BCUT2D eigenvalue weighted by molar-refractivity contribution is -0.114. The highest BCUT2D eigenvalue weighted by atomic mass is 16.3. The number of nitrogens with two attached hydrogens (primary N) is 1. The first-order valence-electron chi connectivity index (χ1n) is 5.12. The van der Waals surface area contributed by atoms with E-state index in [4.69, 9.17) is 11.0 Å². The molecule has 0 unspecified atom stereocenters. The van der Waals surface area contributed by atoms with Gasteiger partial charge in [-0.15, -0.1) is 0 Å². The summed E-state index contributed by atoms with van der Waals surface area (Å²) in [4.78, 5) is 14.9. The Hall–Kier alpha value is -2.87. The summed E-state index contributed by atoms with van der Waals surface area (Å²) in [7, 11) is 0. The van der Waals surface area contributed by atoms with E-state index in [2.05, 4.69) is 4.98 Å². The Morgan fingerprint density at radius 2 is 2.17 bits per heavy atom. The van der Waals surface area contributed by atoms with Crippen LogP contribution in [0.5, 0.6) is 5.88 Å². The van der Waals surface area contributed by atoms with Crippen LogP contribution in [0.4, 0.5) is 0 Å². The van der Waals surface area contributed by atoms with E-state index in [1.807, 2.05) is 12.1 Å². The summed E-state index contributed by atoms with van der Waals surface area (Å²) in [5, 5.41) is 19.3. The van der Waals surface area contributed by atoms with Crippen LogP contribution < -0.4 is 5.73 Å². The summed E-state index contributed by atoms with van der Waals surface area (Å²) in [5.41, 5.74) is 5.70. The van der Waals surface area contributed by atoms with Gasteiger partial charge in [0.2, 0.25) is 5.88 Å². The zero-order valence-electron chi connectivity index (χ0n) is 9.29. The molecule has 0 saturated heterocycles. The minimum absolute atomic E-state index is 0.234. The summed E-state index contributed by atoms with van der Waals surface area (Å²) < 4.78 is 0. The fourth-order valence-corrected chi connectivity index (χ4v) is 1.54. The van der Waals surface area contributed by atoms with Crippen molar-refractivity contribution in [3.05, 3.63) is 41.5 Å². The van der Waals surface area contributed by atoms with Crippen LogP contribution in [0.15, 0.2) is 35.9 Å². The molecule has 0 spiro atoms. The van der Waals surface area contributed by atoms with Gasteiger partial charge in [0.1, 0.15) is 11.6 Å². The van der Waals surface area contributed by atoms with Gasteiger partial charge in [-0.25, -0.2) is 4.98 Å². The number of hydrogen-bond donors (Lipinski definition) is 2. The Kier molecular flexibility index (Phi) is 2.94. The first-order valence-corrected chi connectivity index (χ1v) is 5.12. The molecule has 5 heteroatoms. The first kappa shape index (κ1) is 11.6. The van der Waals surface area contributed by atoms with Gasteiger partial charge in [-0.05, 0) is 18.2 Å². The summed E-state index contributed by atoms with van der Waals surface area (Å²) in [6.45, 7) is 0. The van der Waals surface area contributed by atoms with Crippen molar-refractivity contribution in [2.24, 2.45) is 5.73 Å². The average molecular weight is 239 g/mol. The highest BCUT2D eigenvalue weighted by molar-refractivity contribution is 6.01. The number of aromatic hydroxyl groups is 1. The SMILES string of the molecule is N#C/C(=C/c1cc2ccccc2nc1O)C(N)=O. The van der Waals surface area contributed by atoms with Gasteiger partial charge >= 0.3 is 0 Å². The van der Waals surface area contributed by atoms with Gasteiger partial charge < -0.3 is 10.8 Å². The van der Waals surface area contributed by atoms with E-state index in [1.165, 1.54) is 6.08 Å². The van der Waals surface area contributed by atoms with Gasteiger partial charge in [-0.2, -0.15) is 5.26 Å². The van der Waals surface area contributed by atoms with Crippen LogP contribution in [0, 0.1) is 11.3 Å². The molecule has 1 aromatic carbocycles. The van der Waals surface area contributed by atoms with Crippen LogP contribution in [-0.4, -0.2) is 16.0 Å². The summed E-state index contributed by atoms with van der Waals surface area (Å²) >= 11 is 0. The molecule has 1 aromatic heterocycles. The fraction of sp³-hybridized carbons (Fsp3) is 0. The van der Waals surface area contributed by atoms with Gasteiger partial charge in [0.25, 0.3) is 5.91 Å². The zero-order valence-corrected chi connectivity index (χ0v) is 9.29. The van der Waals surface area contributed by atoms with Crippen molar-refractivity contribution in [2.45, 2.75) is 0 Å². The molecule has 1 amide bonds. The quantitative estimate of drug-likeness (QED) is 0.609. The van der Waals surface area contributed by atoms with E-state index in [0.29, 0.717) is 5.52 Å². The Labute approximate surface area is 103 Å². The predicted molar refractivity (Wildman–Crippen MR) is 66.2 cm³/mol. The van der Waals surface area contributed by atoms with E-state index in [9.17, 15) is 9.90 Å². The fourth-order valence-electron chi connectivity index (χ4n) is 1.54. The number of hydrogen-bond acceptors (Lipinski definition) is 4. The highest BCUT2D eigenvalue weighted by Crippen LogP contribution is 2.23. The molecule has 0 radical (unpaired) electrons.